The van der Waals surface area contributed by atoms with Crippen LogP contribution in [0.25, 0.3) is 16.9 Å². The highest BCUT2D eigenvalue weighted by Crippen LogP contribution is 2.24. The molecule has 2 aromatic heterocycles. The number of benzene rings is 1. The average Bonchev–Trinajstić information content (AvgIpc) is 2.94. The number of aromatic nitrogens is 2. The van der Waals surface area contributed by atoms with E-state index in [4.69, 9.17) is 10.5 Å². The van der Waals surface area contributed by atoms with E-state index >= 15 is 0 Å². The summed E-state index contributed by atoms with van der Waals surface area (Å²) in [5, 5.41) is 0. The Bertz CT molecular complexity index is 831. The van der Waals surface area contributed by atoms with Crippen molar-refractivity contribution in [2.45, 2.75) is 13.8 Å². The van der Waals surface area contributed by atoms with Crippen molar-refractivity contribution in [2.75, 3.05) is 12.3 Å². The highest BCUT2D eigenvalue weighted by molar-refractivity contribution is 5.65. The molecule has 0 saturated carbocycles. The van der Waals surface area contributed by atoms with E-state index in [1.807, 2.05) is 60.8 Å². The second kappa shape index (κ2) is 5.56. The fourth-order valence-corrected chi connectivity index (χ4v) is 2.27. The van der Waals surface area contributed by atoms with Gasteiger partial charge in [-0.3, -0.25) is 0 Å². The maximum atomic E-state index is 5.94. The molecule has 2 N–H and O–H groups in total. The molecule has 0 bridgehead atoms. The molecule has 4 heteroatoms. The maximum Gasteiger partial charge on any atom is 0.137 e. The van der Waals surface area contributed by atoms with Gasteiger partial charge in [0.1, 0.15) is 18.0 Å². The van der Waals surface area contributed by atoms with Gasteiger partial charge in [0.25, 0.3) is 0 Å². The molecule has 0 radical (unpaired) electrons. The molecule has 0 amide bonds. The summed E-state index contributed by atoms with van der Waals surface area (Å²) in [4.78, 5) is 4.64. The van der Waals surface area contributed by atoms with Gasteiger partial charge in [-0.15, -0.1) is 0 Å². The van der Waals surface area contributed by atoms with E-state index in [9.17, 15) is 0 Å². The number of ether oxygens (including phenoxy) is 1. The van der Waals surface area contributed by atoms with Crippen LogP contribution in [0.15, 0.2) is 54.7 Å². The van der Waals surface area contributed by atoms with Crippen molar-refractivity contribution in [3.8, 4) is 17.0 Å². The quantitative estimate of drug-likeness (QED) is 0.743. The van der Waals surface area contributed by atoms with Crippen LogP contribution in [0.1, 0.15) is 12.6 Å². The van der Waals surface area contributed by atoms with E-state index in [2.05, 4.69) is 11.6 Å². The Kier molecular flexibility index (Phi) is 3.59. The van der Waals surface area contributed by atoms with Crippen molar-refractivity contribution in [3.05, 3.63) is 60.4 Å². The van der Waals surface area contributed by atoms with Crippen LogP contribution in [0.3, 0.4) is 0 Å². The summed E-state index contributed by atoms with van der Waals surface area (Å²) >= 11 is 0. The Morgan fingerprint density at radius 2 is 1.95 bits per heavy atom. The highest BCUT2D eigenvalue weighted by Gasteiger charge is 2.07. The Balaban J connectivity index is 1.91. The number of aryl methyl sites for hydroxylation is 1. The third-order valence-electron chi connectivity index (χ3n) is 3.56. The van der Waals surface area contributed by atoms with Gasteiger partial charge in [-0.2, -0.15) is 0 Å². The lowest BCUT2D eigenvalue weighted by molar-refractivity contribution is 0.353. The number of hydrogen-bond donors (Lipinski definition) is 1. The monoisotopic (exact) mass is 293 g/mol. The van der Waals surface area contributed by atoms with Gasteiger partial charge in [-0.05, 0) is 55.8 Å². The minimum Gasteiger partial charge on any atom is -0.489 e. The predicted octanol–water partition coefficient (Wildman–Crippen LogP) is 3.85. The Morgan fingerprint density at radius 3 is 2.64 bits per heavy atom. The van der Waals surface area contributed by atoms with Crippen LogP contribution in [0.4, 0.5) is 5.69 Å². The zero-order chi connectivity index (χ0) is 15.7. The first-order valence-corrected chi connectivity index (χ1v) is 7.16. The molecular weight excluding hydrogens is 274 g/mol. The molecular formula is C18H19N3O. The molecule has 0 spiro atoms. The Labute approximate surface area is 129 Å². The van der Waals surface area contributed by atoms with Crippen LogP contribution in [0.5, 0.6) is 5.75 Å². The zero-order valence-electron chi connectivity index (χ0n) is 12.8. The van der Waals surface area contributed by atoms with E-state index < -0.39 is 0 Å². The van der Waals surface area contributed by atoms with Gasteiger partial charge in [0.05, 0.1) is 11.4 Å². The van der Waals surface area contributed by atoms with Gasteiger partial charge < -0.3 is 14.9 Å². The molecule has 0 aliphatic rings. The number of hydrogen-bond acceptors (Lipinski definition) is 3. The first kappa shape index (κ1) is 14.2. The topological polar surface area (TPSA) is 52.5 Å². The minimum absolute atomic E-state index is 0.534. The molecule has 2 heterocycles. The van der Waals surface area contributed by atoms with E-state index in [0.29, 0.717) is 6.61 Å². The van der Waals surface area contributed by atoms with Crippen LogP contribution in [0, 0.1) is 6.92 Å². The van der Waals surface area contributed by atoms with Gasteiger partial charge in [0.15, 0.2) is 0 Å². The van der Waals surface area contributed by atoms with Crippen molar-refractivity contribution in [1.82, 2.24) is 9.38 Å². The van der Waals surface area contributed by atoms with E-state index in [1.165, 1.54) is 0 Å². The molecule has 0 fully saturated rings. The van der Waals surface area contributed by atoms with Gasteiger partial charge >= 0.3 is 0 Å². The third-order valence-corrected chi connectivity index (χ3v) is 3.56. The number of imidazole rings is 1. The van der Waals surface area contributed by atoms with Crippen LogP contribution in [-0.2, 0) is 0 Å². The fourth-order valence-electron chi connectivity index (χ4n) is 2.27. The predicted molar refractivity (Wildman–Crippen MR) is 90.1 cm³/mol. The van der Waals surface area contributed by atoms with Crippen molar-refractivity contribution in [1.29, 1.82) is 0 Å². The molecule has 1 aromatic carbocycles. The van der Waals surface area contributed by atoms with Crippen LogP contribution < -0.4 is 10.5 Å². The SMILES string of the molecule is C=C(C)COc1ccc(-c2cn3c(C)c(N)ccc3n2)cc1. The summed E-state index contributed by atoms with van der Waals surface area (Å²) in [5.41, 5.74) is 11.6. The number of nitrogen functional groups attached to an aromatic ring is 1. The zero-order valence-corrected chi connectivity index (χ0v) is 12.8. The number of rotatable bonds is 4. The summed E-state index contributed by atoms with van der Waals surface area (Å²) < 4.78 is 7.62. The lowest BCUT2D eigenvalue weighted by Gasteiger charge is -2.05. The second-order valence-corrected chi connectivity index (χ2v) is 5.50. The normalized spacial score (nSPS) is 10.8. The summed E-state index contributed by atoms with van der Waals surface area (Å²) in [6.45, 7) is 8.29. The Morgan fingerprint density at radius 1 is 1.23 bits per heavy atom. The lowest BCUT2D eigenvalue weighted by Crippen LogP contribution is -1.97. The molecule has 0 saturated heterocycles. The lowest BCUT2D eigenvalue weighted by atomic mass is 10.1. The molecule has 3 aromatic rings. The van der Waals surface area contributed by atoms with E-state index in [0.717, 1.165) is 39.6 Å². The van der Waals surface area contributed by atoms with Gasteiger partial charge in [0.2, 0.25) is 0 Å². The number of fused-ring (bicyclic) bond motifs is 1. The van der Waals surface area contributed by atoms with Gasteiger partial charge in [-0.25, -0.2) is 4.98 Å². The summed E-state index contributed by atoms with van der Waals surface area (Å²) in [5.74, 6) is 0.830. The van der Waals surface area contributed by atoms with Gasteiger partial charge in [-0.1, -0.05) is 6.58 Å². The molecule has 0 aliphatic carbocycles. The average molecular weight is 293 g/mol. The molecule has 0 unspecified atom stereocenters. The van der Waals surface area contributed by atoms with Gasteiger partial charge in [0, 0.05) is 17.5 Å². The van der Waals surface area contributed by atoms with E-state index in [-0.39, 0.29) is 0 Å². The summed E-state index contributed by atoms with van der Waals surface area (Å²) in [7, 11) is 0. The second-order valence-electron chi connectivity index (χ2n) is 5.50. The molecule has 0 aliphatic heterocycles. The number of nitrogens with zero attached hydrogens (tertiary/aromatic N) is 2. The summed E-state index contributed by atoms with van der Waals surface area (Å²) in [6.07, 6.45) is 2.00. The first-order valence-electron chi connectivity index (χ1n) is 7.16. The van der Waals surface area contributed by atoms with Crippen molar-refractivity contribution < 1.29 is 4.74 Å². The van der Waals surface area contributed by atoms with Crippen molar-refractivity contribution >= 4 is 11.3 Å². The first-order chi connectivity index (χ1) is 10.5. The number of anilines is 1. The van der Waals surface area contributed by atoms with Crippen LogP contribution in [-0.4, -0.2) is 16.0 Å². The number of nitrogens with two attached hydrogens (primary N) is 1. The molecule has 3 rings (SSSR count). The standard InChI is InChI=1S/C18H19N3O/c1-12(2)11-22-15-6-4-14(5-7-15)17-10-21-13(3)16(19)8-9-18(21)20-17/h4-10H,1,11,19H2,2-3H3. The number of pyridine rings is 1. The third kappa shape index (κ3) is 2.68. The maximum absolute atomic E-state index is 5.94. The largest absolute Gasteiger partial charge is 0.489 e. The Hall–Kier alpha value is -2.75. The fraction of sp³-hybridized carbons (Fsp3) is 0.167. The molecule has 22 heavy (non-hydrogen) atoms. The molecule has 0 atom stereocenters. The van der Waals surface area contributed by atoms with Crippen LogP contribution in [0.2, 0.25) is 0 Å². The van der Waals surface area contributed by atoms with Crippen molar-refractivity contribution in [2.24, 2.45) is 0 Å². The summed E-state index contributed by atoms with van der Waals surface area (Å²) in [6, 6.07) is 11.7. The molecule has 112 valence electrons. The smallest absolute Gasteiger partial charge is 0.137 e. The van der Waals surface area contributed by atoms with Crippen LogP contribution >= 0.6 is 0 Å². The molecule has 4 nitrogen and oxygen atoms in total. The van der Waals surface area contributed by atoms with Crippen molar-refractivity contribution in [3.63, 3.8) is 0 Å². The van der Waals surface area contributed by atoms with E-state index in [1.54, 1.807) is 0 Å². The minimum atomic E-state index is 0.534. The highest BCUT2D eigenvalue weighted by atomic mass is 16.5.